The van der Waals surface area contributed by atoms with Gasteiger partial charge in [0.2, 0.25) is 0 Å². The highest BCUT2D eigenvalue weighted by Gasteiger charge is 2.20. The van der Waals surface area contributed by atoms with E-state index in [4.69, 9.17) is 9.97 Å². The Balaban J connectivity index is 1.34. The zero-order valence-electron chi connectivity index (χ0n) is 20.8. The molecular weight excluding hydrogens is 541 g/mol. The van der Waals surface area contributed by atoms with Gasteiger partial charge in [-0.3, -0.25) is 0 Å². The van der Waals surface area contributed by atoms with Crippen molar-refractivity contribution in [2.45, 2.75) is 13.8 Å². The summed E-state index contributed by atoms with van der Waals surface area (Å²) < 4.78 is 0. The van der Waals surface area contributed by atoms with Crippen molar-refractivity contribution >= 4 is 56.4 Å². The number of benzene rings is 2. The van der Waals surface area contributed by atoms with E-state index in [0.717, 1.165) is 33.5 Å². The van der Waals surface area contributed by atoms with Gasteiger partial charge in [0.05, 0.1) is 16.3 Å². The van der Waals surface area contributed by atoms with Crippen LogP contribution in [0.25, 0.3) is 62.8 Å². The molecule has 7 aromatic rings. The molecule has 0 amide bonds. The Morgan fingerprint density at radius 1 is 0.447 bits per heavy atom. The van der Waals surface area contributed by atoms with Crippen LogP contribution in [-0.4, -0.2) is 9.97 Å². The van der Waals surface area contributed by atoms with Crippen LogP contribution in [0.15, 0.2) is 97.1 Å². The summed E-state index contributed by atoms with van der Waals surface area (Å²) in [5.74, 6) is 0. The Bertz CT molecular complexity index is 1890. The van der Waals surface area contributed by atoms with Gasteiger partial charge in [-0.1, -0.05) is 60.7 Å². The molecule has 0 N–H and O–H groups in total. The van der Waals surface area contributed by atoms with Crippen molar-refractivity contribution in [1.29, 1.82) is 0 Å². The lowest BCUT2D eigenvalue weighted by molar-refractivity contribution is 1.30. The molecule has 0 saturated carbocycles. The quantitative estimate of drug-likeness (QED) is 0.208. The van der Waals surface area contributed by atoms with Crippen molar-refractivity contribution in [3.8, 4) is 51.8 Å². The molecule has 5 heterocycles. The Labute approximate surface area is 237 Å². The minimum atomic E-state index is 0.925. The van der Waals surface area contributed by atoms with E-state index in [2.05, 4.69) is 98.8 Å². The number of hydrogen-bond donors (Lipinski definition) is 0. The number of thiophene rings is 4. The average molecular weight is 563 g/mol. The fourth-order valence-electron chi connectivity index (χ4n) is 4.61. The Kier molecular flexibility index (Phi) is 6.05. The van der Waals surface area contributed by atoms with Crippen LogP contribution in [0.5, 0.6) is 0 Å². The number of nitrogens with zero attached hydrogens (tertiary/aromatic N) is 2. The maximum atomic E-state index is 5.31. The van der Waals surface area contributed by atoms with Gasteiger partial charge in [0.15, 0.2) is 0 Å². The zero-order valence-corrected chi connectivity index (χ0v) is 24.0. The Morgan fingerprint density at radius 3 is 1.47 bits per heavy atom. The van der Waals surface area contributed by atoms with Gasteiger partial charge in [-0.15, -0.1) is 45.3 Å². The largest absolute Gasteiger partial charge is 0.243 e. The van der Waals surface area contributed by atoms with Crippen molar-refractivity contribution in [2.75, 3.05) is 0 Å². The van der Waals surface area contributed by atoms with E-state index in [9.17, 15) is 0 Å². The number of rotatable bonds is 5. The maximum absolute atomic E-state index is 5.31. The Morgan fingerprint density at radius 2 is 0.921 bits per heavy atom. The summed E-state index contributed by atoms with van der Waals surface area (Å²) in [6.07, 6.45) is 0. The van der Waals surface area contributed by atoms with Crippen molar-refractivity contribution in [3.05, 3.63) is 107 Å². The normalized spacial score (nSPS) is 11.4. The molecule has 0 bridgehead atoms. The maximum Gasteiger partial charge on any atom is 0.109 e. The molecule has 0 atom stereocenters. The van der Waals surface area contributed by atoms with E-state index in [1.807, 2.05) is 46.1 Å². The van der Waals surface area contributed by atoms with Crippen molar-refractivity contribution < 1.29 is 0 Å². The minimum Gasteiger partial charge on any atom is -0.243 e. The summed E-state index contributed by atoms with van der Waals surface area (Å²) in [6.45, 7) is 4.32. The molecule has 0 saturated heterocycles. The summed E-state index contributed by atoms with van der Waals surface area (Å²) in [5, 5.41) is 0. The van der Waals surface area contributed by atoms with Gasteiger partial charge in [0.25, 0.3) is 0 Å². The second kappa shape index (κ2) is 9.71. The first-order chi connectivity index (χ1) is 18.6. The smallest absolute Gasteiger partial charge is 0.109 e. The molecule has 7 rings (SSSR count). The Hall–Kier alpha value is -3.42. The third kappa shape index (κ3) is 4.24. The van der Waals surface area contributed by atoms with Gasteiger partial charge in [-0.05, 0) is 50.2 Å². The molecule has 5 aromatic heterocycles. The molecule has 2 aromatic carbocycles. The summed E-state index contributed by atoms with van der Waals surface area (Å²) >= 11 is 7.35. The lowest BCUT2D eigenvalue weighted by Gasteiger charge is -2.10. The average Bonchev–Trinajstić information content (AvgIpc) is 3.76. The molecule has 0 aliphatic heterocycles. The first-order valence-corrected chi connectivity index (χ1v) is 15.6. The summed E-state index contributed by atoms with van der Waals surface area (Å²) in [7, 11) is 0. The lowest BCUT2D eigenvalue weighted by atomic mass is 10.0. The third-order valence-corrected chi connectivity index (χ3v) is 11.3. The highest BCUT2D eigenvalue weighted by molar-refractivity contribution is 7.28. The minimum absolute atomic E-state index is 0.925. The predicted octanol–water partition coefficient (Wildman–Crippen LogP) is 10.8. The summed E-state index contributed by atoms with van der Waals surface area (Å²) in [6, 6.07) is 34.2. The van der Waals surface area contributed by atoms with Crippen LogP contribution >= 0.6 is 45.3 Å². The number of hydrogen-bond acceptors (Lipinski definition) is 6. The molecular formula is C32H22N2S4. The van der Waals surface area contributed by atoms with Crippen LogP contribution in [-0.2, 0) is 0 Å². The molecule has 0 spiro atoms. The number of aryl methyl sites for hydroxylation is 2. The molecule has 2 nitrogen and oxygen atoms in total. The molecule has 0 radical (unpaired) electrons. The molecule has 6 heteroatoms. The van der Waals surface area contributed by atoms with Crippen molar-refractivity contribution in [1.82, 2.24) is 9.97 Å². The van der Waals surface area contributed by atoms with Gasteiger partial charge in [0.1, 0.15) is 11.0 Å². The van der Waals surface area contributed by atoms with Gasteiger partial charge < -0.3 is 0 Å². The predicted molar refractivity (Wildman–Crippen MR) is 168 cm³/mol. The fraction of sp³-hybridized carbons (Fsp3) is 0.0625. The van der Waals surface area contributed by atoms with Crippen molar-refractivity contribution in [3.63, 3.8) is 0 Å². The topological polar surface area (TPSA) is 25.8 Å². The van der Waals surface area contributed by atoms with Crippen LogP contribution in [0, 0.1) is 13.8 Å². The van der Waals surface area contributed by atoms with E-state index >= 15 is 0 Å². The summed E-state index contributed by atoms with van der Waals surface area (Å²) in [5.41, 5.74) is 6.00. The number of aromatic nitrogens is 2. The first kappa shape index (κ1) is 23.7. The van der Waals surface area contributed by atoms with Crippen molar-refractivity contribution in [2.24, 2.45) is 0 Å². The second-order valence-corrected chi connectivity index (χ2v) is 13.8. The van der Waals surface area contributed by atoms with E-state index in [0.29, 0.717) is 0 Å². The lowest BCUT2D eigenvalue weighted by Crippen LogP contribution is -1.95. The monoisotopic (exact) mass is 562 g/mol. The highest BCUT2D eigenvalue weighted by atomic mass is 32.1. The van der Waals surface area contributed by atoms with Crippen LogP contribution < -0.4 is 0 Å². The molecule has 38 heavy (non-hydrogen) atoms. The van der Waals surface area contributed by atoms with E-state index in [1.165, 1.54) is 39.0 Å². The zero-order chi connectivity index (χ0) is 25.6. The molecule has 184 valence electrons. The van der Waals surface area contributed by atoms with Crippen LogP contribution in [0.1, 0.15) is 9.75 Å². The van der Waals surface area contributed by atoms with E-state index in [-0.39, 0.29) is 0 Å². The number of fused-ring (bicyclic) bond motifs is 1. The van der Waals surface area contributed by atoms with Gasteiger partial charge in [-0.2, -0.15) is 0 Å². The van der Waals surface area contributed by atoms with Gasteiger partial charge >= 0.3 is 0 Å². The molecule has 0 fully saturated rings. The first-order valence-electron chi connectivity index (χ1n) is 12.3. The summed E-state index contributed by atoms with van der Waals surface area (Å²) in [4.78, 5) is 20.8. The molecule has 0 unspecified atom stereocenters. The molecule has 0 aliphatic carbocycles. The van der Waals surface area contributed by atoms with Gasteiger partial charge in [0, 0.05) is 45.3 Å². The second-order valence-electron chi connectivity index (χ2n) is 9.08. The fourth-order valence-corrected chi connectivity index (χ4v) is 8.82. The van der Waals surface area contributed by atoms with Crippen LogP contribution in [0.4, 0.5) is 0 Å². The van der Waals surface area contributed by atoms with E-state index in [1.54, 1.807) is 11.3 Å². The van der Waals surface area contributed by atoms with Crippen LogP contribution in [0.2, 0.25) is 0 Å². The van der Waals surface area contributed by atoms with Crippen LogP contribution in [0.3, 0.4) is 0 Å². The SMILES string of the molecule is Cc1ccc(-c2ccc(-c3ccc(-c4sc(C)c5nc(-c6ccccc6)c(-c6ccccc6)nc45)s3)s2)s1. The standard InChI is InChI=1S/C32H22N2S4/c1-19-13-14-23(35-19)24-15-16-25(37-24)26-17-18-27(38-26)32-31-28(20(2)36-32)33-29(21-9-5-3-6-10-21)30(34-31)22-11-7-4-8-12-22/h3-18H,1-2H3. The third-order valence-electron chi connectivity index (χ3n) is 6.46. The highest BCUT2D eigenvalue weighted by Crippen LogP contribution is 2.46. The van der Waals surface area contributed by atoms with E-state index < -0.39 is 0 Å². The molecule has 0 aliphatic rings. The van der Waals surface area contributed by atoms with Gasteiger partial charge in [-0.25, -0.2) is 9.97 Å².